The van der Waals surface area contributed by atoms with Crippen molar-refractivity contribution in [1.82, 2.24) is 19.6 Å². The lowest BCUT2D eigenvalue weighted by Crippen LogP contribution is -2.41. The second-order valence-electron chi connectivity index (χ2n) is 8.76. The highest BCUT2D eigenvalue weighted by atomic mass is 19.1. The number of fused-ring (bicyclic) bond motifs is 1. The fourth-order valence-corrected chi connectivity index (χ4v) is 4.19. The summed E-state index contributed by atoms with van der Waals surface area (Å²) < 4.78 is 15.9. The minimum Gasteiger partial charge on any atom is -0.337 e. The molecule has 174 valence electrons. The average molecular weight is 444 g/mol. The van der Waals surface area contributed by atoms with Crippen LogP contribution >= 0.6 is 0 Å². The van der Waals surface area contributed by atoms with E-state index in [1.807, 2.05) is 18.1 Å². The zero-order chi connectivity index (χ0) is 23.3. The van der Waals surface area contributed by atoms with Gasteiger partial charge in [-0.3, -0.25) is 19.2 Å². The molecule has 2 heterocycles. The molecule has 0 unspecified atom stereocenters. The fraction of sp³-hybridized carbons (Fsp3) is 0.542. The van der Waals surface area contributed by atoms with Gasteiger partial charge >= 0.3 is 0 Å². The molecule has 1 aliphatic rings. The highest BCUT2D eigenvalue weighted by Gasteiger charge is 2.23. The molecule has 1 aliphatic heterocycles. The molecular weight excluding hydrogens is 409 g/mol. The molecule has 2 aromatic rings. The molecule has 3 rings (SSSR count). The minimum absolute atomic E-state index is 0.0430. The van der Waals surface area contributed by atoms with Gasteiger partial charge in [0.15, 0.2) is 0 Å². The van der Waals surface area contributed by atoms with Crippen molar-refractivity contribution in [3.63, 3.8) is 0 Å². The Balaban J connectivity index is 1.88. The number of hydrogen-bond acceptors (Lipinski definition) is 4. The highest BCUT2D eigenvalue weighted by molar-refractivity contribution is 5.92. The van der Waals surface area contributed by atoms with Gasteiger partial charge in [0.25, 0.3) is 0 Å². The normalized spacial score (nSPS) is 16.1. The topological polar surface area (TPSA) is 61.7 Å². The van der Waals surface area contributed by atoms with Crippen molar-refractivity contribution >= 4 is 17.5 Å². The van der Waals surface area contributed by atoms with E-state index in [-0.39, 0.29) is 17.6 Å². The van der Waals surface area contributed by atoms with Crippen molar-refractivity contribution < 1.29 is 14.0 Å². The first-order chi connectivity index (χ1) is 15.2. The molecule has 2 amide bonds. The molecule has 0 fully saturated rings. The molecule has 1 aromatic heterocycles. The van der Waals surface area contributed by atoms with E-state index in [2.05, 4.69) is 23.8 Å². The van der Waals surface area contributed by atoms with Crippen LogP contribution in [-0.4, -0.2) is 63.6 Å². The van der Waals surface area contributed by atoms with E-state index in [0.717, 1.165) is 30.6 Å². The summed E-state index contributed by atoms with van der Waals surface area (Å²) in [5, 5.41) is 4.17. The molecule has 1 aromatic carbocycles. The average Bonchev–Trinajstić information content (AvgIpc) is 3.14. The van der Waals surface area contributed by atoms with E-state index in [4.69, 9.17) is 0 Å². The first kappa shape index (κ1) is 23.9. The number of rotatable bonds is 4. The van der Waals surface area contributed by atoms with E-state index >= 15 is 0 Å². The van der Waals surface area contributed by atoms with Gasteiger partial charge in [-0.15, -0.1) is 0 Å². The van der Waals surface area contributed by atoms with Crippen LogP contribution in [0.25, 0.3) is 0 Å². The summed E-state index contributed by atoms with van der Waals surface area (Å²) in [6.07, 6.45) is 5.47. The summed E-state index contributed by atoms with van der Waals surface area (Å²) >= 11 is 0. The van der Waals surface area contributed by atoms with Crippen LogP contribution in [0.5, 0.6) is 0 Å². The second-order valence-corrected chi connectivity index (χ2v) is 8.76. The molecule has 0 saturated heterocycles. The molecule has 0 saturated carbocycles. The highest BCUT2D eigenvalue weighted by Crippen LogP contribution is 2.25. The number of carbonyl (C=O) groups is 2. The third-order valence-electron chi connectivity index (χ3n) is 6.03. The van der Waals surface area contributed by atoms with Crippen LogP contribution in [0.2, 0.25) is 0 Å². The monoisotopic (exact) mass is 443 g/mol. The molecule has 0 bridgehead atoms. The third-order valence-corrected chi connectivity index (χ3v) is 6.03. The zero-order valence-corrected chi connectivity index (χ0v) is 19.6. The van der Waals surface area contributed by atoms with Gasteiger partial charge in [0.2, 0.25) is 11.8 Å². The van der Waals surface area contributed by atoms with Crippen LogP contribution in [-0.2, 0) is 29.6 Å². The standard InChI is InChI=1S/C24H34FN5O2/c1-18(2)28-10-5-11-30(19(3)31)23-14-22(25)8-7-21(23)17-29(13-12-28)24(32)9-6-20-15-26-27(4)16-20/h7-8,14-16,18H,5-6,9-13,17H2,1-4H3. The molecule has 0 radical (unpaired) electrons. The SMILES string of the molecule is CC(=O)N1CCCN(C(C)C)CCN(C(=O)CCc2cnn(C)c2)Cc2ccc(F)cc21. The van der Waals surface area contributed by atoms with Crippen molar-refractivity contribution in [3.8, 4) is 0 Å². The number of amides is 2. The summed E-state index contributed by atoms with van der Waals surface area (Å²) in [5.41, 5.74) is 2.36. The largest absolute Gasteiger partial charge is 0.337 e. The Hall–Kier alpha value is -2.74. The van der Waals surface area contributed by atoms with Gasteiger partial charge in [0.1, 0.15) is 5.82 Å². The number of anilines is 1. The maximum atomic E-state index is 14.1. The van der Waals surface area contributed by atoms with Gasteiger partial charge in [-0.2, -0.15) is 5.10 Å². The summed E-state index contributed by atoms with van der Waals surface area (Å²) in [6, 6.07) is 4.83. The van der Waals surface area contributed by atoms with Crippen LogP contribution < -0.4 is 4.90 Å². The third kappa shape index (κ3) is 6.16. The van der Waals surface area contributed by atoms with E-state index in [1.54, 1.807) is 21.8 Å². The number of halogens is 1. The summed E-state index contributed by atoms with van der Waals surface area (Å²) in [4.78, 5) is 31.4. The van der Waals surface area contributed by atoms with E-state index < -0.39 is 0 Å². The molecule has 7 nitrogen and oxygen atoms in total. The van der Waals surface area contributed by atoms with Crippen molar-refractivity contribution in [1.29, 1.82) is 0 Å². The Kier molecular flexibility index (Phi) is 8.01. The van der Waals surface area contributed by atoms with Crippen molar-refractivity contribution in [2.75, 3.05) is 31.1 Å². The van der Waals surface area contributed by atoms with Gasteiger partial charge in [0.05, 0.1) is 11.9 Å². The van der Waals surface area contributed by atoms with Gasteiger partial charge in [0, 0.05) is 65.4 Å². The molecule has 8 heteroatoms. The van der Waals surface area contributed by atoms with Gasteiger partial charge in [-0.1, -0.05) is 6.07 Å². The van der Waals surface area contributed by atoms with Crippen LogP contribution in [0.3, 0.4) is 0 Å². The minimum atomic E-state index is -0.386. The molecule has 0 atom stereocenters. The van der Waals surface area contributed by atoms with Crippen molar-refractivity contribution in [2.45, 2.75) is 52.6 Å². The lowest BCUT2D eigenvalue weighted by atomic mass is 10.1. The lowest BCUT2D eigenvalue weighted by Gasteiger charge is -2.30. The molecular formula is C24H34FN5O2. The van der Waals surface area contributed by atoms with Crippen LogP contribution in [0, 0.1) is 5.82 Å². The summed E-state index contributed by atoms with van der Waals surface area (Å²) in [7, 11) is 1.86. The number of aryl methyl sites for hydroxylation is 2. The van der Waals surface area contributed by atoms with Gasteiger partial charge in [-0.05, 0) is 49.9 Å². The lowest BCUT2D eigenvalue weighted by molar-refractivity contribution is -0.132. The number of hydrogen-bond donors (Lipinski definition) is 0. The number of carbonyl (C=O) groups excluding carboxylic acids is 2. The predicted molar refractivity (Wildman–Crippen MR) is 123 cm³/mol. The van der Waals surface area contributed by atoms with E-state index in [1.165, 1.54) is 19.1 Å². The van der Waals surface area contributed by atoms with E-state index in [0.29, 0.717) is 44.2 Å². The Morgan fingerprint density at radius 2 is 1.94 bits per heavy atom. The Morgan fingerprint density at radius 1 is 1.16 bits per heavy atom. The quantitative estimate of drug-likeness (QED) is 0.729. The first-order valence-electron chi connectivity index (χ1n) is 11.3. The van der Waals surface area contributed by atoms with Crippen LogP contribution in [0.15, 0.2) is 30.6 Å². The Morgan fingerprint density at radius 3 is 2.59 bits per heavy atom. The summed E-state index contributed by atoms with van der Waals surface area (Å²) in [5.74, 6) is -0.466. The van der Waals surface area contributed by atoms with Gasteiger partial charge < -0.3 is 9.80 Å². The first-order valence-corrected chi connectivity index (χ1v) is 11.3. The maximum absolute atomic E-state index is 14.1. The second kappa shape index (κ2) is 10.7. The number of aromatic nitrogens is 2. The summed E-state index contributed by atoms with van der Waals surface area (Å²) in [6.45, 7) is 8.80. The van der Waals surface area contributed by atoms with Crippen molar-refractivity contribution in [3.05, 3.63) is 47.5 Å². The van der Waals surface area contributed by atoms with Crippen LogP contribution in [0.4, 0.5) is 10.1 Å². The number of benzene rings is 1. The smallest absolute Gasteiger partial charge is 0.223 e. The number of nitrogens with zero attached hydrogens (tertiary/aromatic N) is 5. The molecule has 0 N–H and O–H groups in total. The van der Waals surface area contributed by atoms with Gasteiger partial charge in [-0.25, -0.2) is 4.39 Å². The predicted octanol–water partition coefficient (Wildman–Crippen LogP) is 2.99. The molecule has 0 spiro atoms. The molecule has 0 aliphatic carbocycles. The Bertz CT molecular complexity index is 942. The van der Waals surface area contributed by atoms with Crippen LogP contribution in [0.1, 0.15) is 44.7 Å². The molecule has 32 heavy (non-hydrogen) atoms. The van der Waals surface area contributed by atoms with Crippen molar-refractivity contribution in [2.24, 2.45) is 7.05 Å². The fourth-order valence-electron chi connectivity index (χ4n) is 4.19. The van der Waals surface area contributed by atoms with E-state index in [9.17, 15) is 14.0 Å². The zero-order valence-electron chi connectivity index (χ0n) is 19.6. The Labute approximate surface area is 189 Å². The maximum Gasteiger partial charge on any atom is 0.223 e.